The smallest absolute Gasteiger partial charge is 0.222 e. The molecule has 122 valence electrons. The van der Waals surface area contributed by atoms with Gasteiger partial charge in [-0.1, -0.05) is 12.8 Å². The van der Waals surface area contributed by atoms with Crippen LogP contribution < -0.4 is 5.32 Å². The molecule has 21 heavy (non-hydrogen) atoms. The number of nitrogens with zero attached hydrogens (tertiary/aromatic N) is 1. The highest BCUT2D eigenvalue weighted by molar-refractivity contribution is 5.85. The van der Waals surface area contributed by atoms with Gasteiger partial charge in [-0.3, -0.25) is 4.79 Å². The minimum absolute atomic E-state index is 0. The number of carbonyl (C=O) groups is 1. The van der Waals surface area contributed by atoms with Crippen molar-refractivity contribution < 1.29 is 9.53 Å². The van der Waals surface area contributed by atoms with Gasteiger partial charge in [-0.05, 0) is 51.1 Å². The van der Waals surface area contributed by atoms with E-state index >= 15 is 0 Å². The Balaban J connectivity index is 0.00000161. The SMILES string of the molecule is Cl.O=C(CCC1CCNCC1)N1CCOC2CCCCC21. The molecule has 3 fully saturated rings. The summed E-state index contributed by atoms with van der Waals surface area (Å²) in [4.78, 5) is 14.7. The van der Waals surface area contributed by atoms with E-state index in [0.29, 0.717) is 18.1 Å². The molecular weight excluding hydrogens is 288 g/mol. The maximum atomic E-state index is 12.6. The molecule has 2 heterocycles. The number of halogens is 1. The largest absolute Gasteiger partial charge is 0.374 e. The van der Waals surface area contributed by atoms with E-state index in [0.717, 1.165) is 57.8 Å². The van der Waals surface area contributed by atoms with Crippen LogP contribution in [0.1, 0.15) is 51.4 Å². The maximum Gasteiger partial charge on any atom is 0.222 e. The number of rotatable bonds is 3. The van der Waals surface area contributed by atoms with Crippen molar-refractivity contribution in [2.24, 2.45) is 5.92 Å². The topological polar surface area (TPSA) is 41.6 Å². The van der Waals surface area contributed by atoms with Crippen molar-refractivity contribution in [1.82, 2.24) is 10.2 Å². The van der Waals surface area contributed by atoms with E-state index in [9.17, 15) is 4.79 Å². The second kappa shape index (κ2) is 8.35. The van der Waals surface area contributed by atoms with Crippen LogP contribution in [-0.2, 0) is 9.53 Å². The van der Waals surface area contributed by atoms with Crippen molar-refractivity contribution >= 4 is 18.3 Å². The third-order valence-corrected chi connectivity index (χ3v) is 5.28. The Morgan fingerprint density at radius 2 is 1.90 bits per heavy atom. The predicted octanol–water partition coefficient (Wildman–Crippen LogP) is 2.36. The Morgan fingerprint density at radius 3 is 2.71 bits per heavy atom. The molecule has 0 radical (unpaired) electrons. The van der Waals surface area contributed by atoms with Crippen molar-refractivity contribution in [3.8, 4) is 0 Å². The van der Waals surface area contributed by atoms with Gasteiger partial charge in [0.15, 0.2) is 0 Å². The first kappa shape index (κ1) is 17.0. The van der Waals surface area contributed by atoms with Crippen molar-refractivity contribution in [1.29, 1.82) is 0 Å². The summed E-state index contributed by atoms with van der Waals surface area (Å²) >= 11 is 0. The van der Waals surface area contributed by atoms with Crippen molar-refractivity contribution in [2.45, 2.75) is 63.5 Å². The van der Waals surface area contributed by atoms with E-state index in [1.807, 2.05) is 0 Å². The van der Waals surface area contributed by atoms with Crippen molar-refractivity contribution in [2.75, 3.05) is 26.2 Å². The zero-order valence-electron chi connectivity index (χ0n) is 12.9. The van der Waals surface area contributed by atoms with Crippen LogP contribution in [0.3, 0.4) is 0 Å². The number of hydrogen-bond acceptors (Lipinski definition) is 3. The Labute approximate surface area is 134 Å². The third-order valence-electron chi connectivity index (χ3n) is 5.28. The highest BCUT2D eigenvalue weighted by Gasteiger charge is 2.36. The van der Waals surface area contributed by atoms with Gasteiger partial charge in [-0.25, -0.2) is 0 Å². The number of hydrogen-bond donors (Lipinski definition) is 1. The van der Waals surface area contributed by atoms with Gasteiger partial charge in [0.05, 0.1) is 18.8 Å². The average molecular weight is 317 g/mol. The number of piperidine rings is 1. The fourth-order valence-corrected chi connectivity index (χ4v) is 4.05. The molecule has 2 aliphatic heterocycles. The second-order valence-electron chi connectivity index (χ2n) is 6.58. The van der Waals surface area contributed by atoms with E-state index in [1.165, 1.54) is 25.7 Å². The molecule has 5 heteroatoms. The van der Waals surface area contributed by atoms with Crippen LogP contribution in [0.15, 0.2) is 0 Å². The normalized spacial score (nSPS) is 30.4. The van der Waals surface area contributed by atoms with Gasteiger partial charge in [-0.2, -0.15) is 0 Å². The molecule has 1 N–H and O–H groups in total. The van der Waals surface area contributed by atoms with Gasteiger partial charge >= 0.3 is 0 Å². The molecule has 1 saturated carbocycles. The van der Waals surface area contributed by atoms with E-state index in [1.54, 1.807) is 0 Å². The van der Waals surface area contributed by atoms with E-state index < -0.39 is 0 Å². The summed E-state index contributed by atoms with van der Waals surface area (Å²) in [5.74, 6) is 1.13. The minimum atomic E-state index is 0. The van der Waals surface area contributed by atoms with Crippen molar-refractivity contribution in [3.63, 3.8) is 0 Å². The minimum Gasteiger partial charge on any atom is -0.374 e. The molecular formula is C16H29ClN2O2. The van der Waals surface area contributed by atoms with Crippen LogP contribution in [0.25, 0.3) is 0 Å². The number of amides is 1. The molecule has 4 nitrogen and oxygen atoms in total. The lowest BCUT2D eigenvalue weighted by Gasteiger charge is -2.44. The van der Waals surface area contributed by atoms with E-state index in [-0.39, 0.29) is 12.4 Å². The Hall–Kier alpha value is -0.320. The fourth-order valence-electron chi connectivity index (χ4n) is 4.05. The fraction of sp³-hybridized carbons (Fsp3) is 0.938. The Bertz CT molecular complexity index is 332. The highest BCUT2D eigenvalue weighted by Crippen LogP contribution is 2.29. The number of nitrogens with one attached hydrogen (secondary N) is 1. The Morgan fingerprint density at radius 1 is 1.14 bits per heavy atom. The summed E-state index contributed by atoms with van der Waals surface area (Å²) in [5, 5.41) is 3.39. The molecule has 0 spiro atoms. The molecule has 0 aromatic heterocycles. The van der Waals surface area contributed by atoms with Crippen molar-refractivity contribution in [3.05, 3.63) is 0 Å². The van der Waals surface area contributed by atoms with E-state index in [2.05, 4.69) is 10.2 Å². The molecule has 2 saturated heterocycles. The molecule has 2 atom stereocenters. The number of ether oxygens (including phenoxy) is 1. The lowest BCUT2D eigenvalue weighted by molar-refractivity contribution is -0.149. The number of carbonyl (C=O) groups excluding carboxylic acids is 1. The van der Waals surface area contributed by atoms with Gasteiger partial charge in [0, 0.05) is 13.0 Å². The number of morpholine rings is 1. The summed E-state index contributed by atoms with van der Waals surface area (Å²) in [7, 11) is 0. The van der Waals surface area contributed by atoms with Crippen LogP contribution in [0.5, 0.6) is 0 Å². The molecule has 3 aliphatic rings. The maximum absolute atomic E-state index is 12.6. The summed E-state index contributed by atoms with van der Waals surface area (Å²) in [6.07, 6.45) is 9.42. The summed E-state index contributed by atoms with van der Waals surface area (Å²) in [5.41, 5.74) is 0. The quantitative estimate of drug-likeness (QED) is 0.869. The lowest BCUT2D eigenvalue weighted by Crippen LogP contribution is -2.54. The first-order chi connectivity index (χ1) is 9.84. The van der Waals surface area contributed by atoms with Crippen LogP contribution in [0.2, 0.25) is 0 Å². The van der Waals surface area contributed by atoms with Gasteiger partial charge < -0.3 is 15.0 Å². The first-order valence-electron chi connectivity index (χ1n) is 8.46. The summed E-state index contributed by atoms with van der Waals surface area (Å²) in [6.45, 7) is 3.80. The molecule has 0 aromatic carbocycles. The highest BCUT2D eigenvalue weighted by atomic mass is 35.5. The monoisotopic (exact) mass is 316 g/mol. The summed E-state index contributed by atoms with van der Waals surface area (Å²) < 4.78 is 5.85. The van der Waals surface area contributed by atoms with Gasteiger partial charge in [-0.15, -0.1) is 12.4 Å². The number of fused-ring (bicyclic) bond motifs is 1. The Kier molecular flexibility index (Phi) is 6.77. The molecule has 1 aliphatic carbocycles. The predicted molar refractivity (Wildman–Crippen MR) is 85.8 cm³/mol. The van der Waals surface area contributed by atoms with Gasteiger partial charge in [0.2, 0.25) is 5.91 Å². The van der Waals surface area contributed by atoms with Gasteiger partial charge in [0.1, 0.15) is 0 Å². The molecule has 2 unspecified atom stereocenters. The lowest BCUT2D eigenvalue weighted by atomic mass is 9.89. The standard InChI is InChI=1S/C16H28N2O2.ClH/c19-16(6-5-13-7-9-17-10-8-13)18-11-12-20-15-4-2-1-3-14(15)18;/h13-15,17H,1-12H2;1H. The third kappa shape index (κ3) is 4.33. The second-order valence-corrected chi connectivity index (χ2v) is 6.58. The van der Waals surface area contributed by atoms with Crippen LogP contribution >= 0.6 is 12.4 Å². The molecule has 3 rings (SSSR count). The zero-order valence-corrected chi connectivity index (χ0v) is 13.7. The zero-order chi connectivity index (χ0) is 13.8. The van der Waals surface area contributed by atoms with Crippen LogP contribution in [-0.4, -0.2) is 49.2 Å². The molecule has 1 amide bonds. The van der Waals surface area contributed by atoms with Crippen LogP contribution in [0.4, 0.5) is 0 Å². The molecule has 0 aromatic rings. The summed E-state index contributed by atoms with van der Waals surface area (Å²) in [6, 6.07) is 0.373. The average Bonchev–Trinajstić information content (AvgIpc) is 2.53. The first-order valence-corrected chi connectivity index (χ1v) is 8.46. The molecule has 0 bridgehead atoms. The van der Waals surface area contributed by atoms with Gasteiger partial charge in [0.25, 0.3) is 0 Å². The van der Waals surface area contributed by atoms with E-state index in [4.69, 9.17) is 4.74 Å². The van der Waals surface area contributed by atoms with Crippen LogP contribution in [0, 0.1) is 5.92 Å².